The predicted octanol–water partition coefficient (Wildman–Crippen LogP) is 9.44. The molecule has 0 aliphatic rings. The Morgan fingerprint density at radius 3 is 1.40 bits per heavy atom. The molecule has 350 valence electrons. The van der Waals surface area contributed by atoms with Gasteiger partial charge in [0.15, 0.2) is 0 Å². The molecule has 0 spiro atoms. The average molecular weight is 872 g/mol. The first-order valence-corrected chi connectivity index (χ1v) is 22.5. The van der Waals surface area contributed by atoms with Crippen molar-refractivity contribution < 1.29 is 0 Å². The molecule has 0 unspecified atom stereocenters. The molecular formula is C46H81N17. The van der Waals surface area contributed by atoms with Crippen molar-refractivity contribution in [3.8, 4) is 0 Å². The first kappa shape index (κ1) is 55.3. The SMILES string of the molecule is CC(C)Cc1ccn[nH]1.CC(C)Cc1cn[nH]c1.CC(C)Cc1cn[nH]n1.CC(C)Cc1cn[nH]n1.CC(C)Cc1cnc[nH]1.CC(C)Cc1ncc[nH]1.CC(C)Cc1ncn[nH]1. The van der Waals surface area contributed by atoms with Crippen LogP contribution in [0.3, 0.4) is 0 Å². The Hall–Kier alpha value is -5.74. The second-order valence-corrected chi connectivity index (χ2v) is 18.3. The van der Waals surface area contributed by atoms with E-state index >= 15 is 0 Å². The van der Waals surface area contributed by atoms with Gasteiger partial charge < -0.3 is 9.97 Å². The number of aromatic nitrogens is 17. The molecule has 0 radical (unpaired) electrons. The van der Waals surface area contributed by atoms with Gasteiger partial charge in [-0.2, -0.15) is 46.1 Å². The number of nitrogens with one attached hydrogen (secondary N) is 7. The lowest BCUT2D eigenvalue weighted by Gasteiger charge is -1.98. The van der Waals surface area contributed by atoms with Gasteiger partial charge in [-0.3, -0.25) is 15.3 Å². The second kappa shape index (κ2) is 33.8. The maximum Gasteiger partial charge on any atom is 0.137 e. The fourth-order valence-electron chi connectivity index (χ4n) is 5.53. The largest absolute Gasteiger partial charge is 0.349 e. The first-order chi connectivity index (χ1) is 30.0. The molecule has 7 rings (SSSR count). The first-order valence-electron chi connectivity index (χ1n) is 22.5. The Balaban J connectivity index is 0.000000367. The maximum absolute atomic E-state index is 4.10. The summed E-state index contributed by atoms with van der Waals surface area (Å²) in [4.78, 5) is 18.1. The van der Waals surface area contributed by atoms with Crippen LogP contribution >= 0.6 is 0 Å². The van der Waals surface area contributed by atoms with Crippen LogP contribution in [0.4, 0.5) is 0 Å². The minimum Gasteiger partial charge on any atom is -0.349 e. The smallest absolute Gasteiger partial charge is 0.137 e. The zero-order valence-electron chi connectivity index (χ0n) is 40.8. The Labute approximate surface area is 376 Å². The van der Waals surface area contributed by atoms with E-state index in [4.69, 9.17) is 0 Å². The van der Waals surface area contributed by atoms with Crippen molar-refractivity contribution >= 4 is 0 Å². The van der Waals surface area contributed by atoms with Crippen LogP contribution in [0.2, 0.25) is 0 Å². The Morgan fingerprint density at radius 1 is 0.460 bits per heavy atom. The third-order valence-corrected chi connectivity index (χ3v) is 7.96. The van der Waals surface area contributed by atoms with Gasteiger partial charge in [0.1, 0.15) is 18.0 Å². The number of nitrogens with zero attached hydrogens (tertiary/aromatic N) is 10. The number of aromatic amines is 7. The third kappa shape index (κ3) is 32.6. The zero-order chi connectivity index (χ0) is 46.8. The van der Waals surface area contributed by atoms with Gasteiger partial charge in [0.05, 0.1) is 36.3 Å². The van der Waals surface area contributed by atoms with Crippen LogP contribution in [0.15, 0.2) is 68.3 Å². The van der Waals surface area contributed by atoms with Gasteiger partial charge in [-0.1, -0.05) is 96.9 Å². The Morgan fingerprint density at radius 2 is 1.02 bits per heavy atom. The number of imidazole rings is 2. The molecule has 0 aliphatic heterocycles. The fraction of sp³-hybridized carbons (Fsp3) is 0.609. The maximum atomic E-state index is 4.10. The van der Waals surface area contributed by atoms with Crippen LogP contribution in [0.25, 0.3) is 0 Å². The molecular weight excluding hydrogens is 791 g/mol. The van der Waals surface area contributed by atoms with Gasteiger partial charge in [0, 0.05) is 55.2 Å². The van der Waals surface area contributed by atoms with Gasteiger partial charge in [-0.15, -0.1) is 0 Å². The molecule has 0 atom stereocenters. The number of H-pyrrole nitrogens is 7. The highest BCUT2D eigenvalue weighted by molar-refractivity contribution is 5.02. The number of hydrogen-bond acceptors (Lipinski definition) is 10. The van der Waals surface area contributed by atoms with E-state index in [1.807, 2.05) is 30.9 Å². The van der Waals surface area contributed by atoms with Crippen molar-refractivity contribution in [3.63, 3.8) is 0 Å². The van der Waals surface area contributed by atoms with E-state index in [-0.39, 0.29) is 0 Å². The highest BCUT2D eigenvalue weighted by Gasteiger charge is 2.01. The van der Waals surface area contributed by atoms with Crippen LogP contribution < -0.4 is 0 Å². The van der Waals surface area contributed by atoms with Gasteiger partial charge >= 0.3 is 0 Å². The van der Waals surface area contributed by atoms with E-state index in [0.29, 0.717) is 35.5 Å². The van der Waals surface area contributed by atoms with Crippen LogP contribution in [0.5, 0.6) is 0 Å². The van der Waals surface area contributed by atoms with Crippen molar-refractivity contribution in [2.24, 2.45) is 41.4 Å². The Bertz CT molecular complexity index is 1470. The minimum absolute atomic E-state index is 0.651. The van der Waals surface area contributed by atoms with E-state index in [0.717, 1.165) is 73.9 Å². The topological polar surface area (TPSA) is 239 Å². The lowest BCUT2D eigenvalue weighted by atomic mass is 10.1. The summed E-state index contributed by atoms with van der Waals surface area (Å²) in [5.41, 5.74) is 5.84. The Kier molecular flexibility index (Phi) is 29.7. The van der Waals surface area contributed by atoms with Crippen molar-refractivity contribution in [2.45, 2.75) is 142 Å². The highest BCUT2D eigenvalue weighted by Crippen LogP contribution is 2.06. The molecule has 0 amide bonds. The van der Waals surface area contributed by atoms with Crippen LogP contribution in [-0.2, 0) is 44.9 Å². The standard InChI is InChI=1S/4C7H12N2.3C6H11N3/c1-6(2)3-7-4-8-5-9-7;1-6(2)3-7-4-8-9-5-7;1-6(2)5-7-8-3-4-9-7;1-6(2)5-7-3-4-8-9-7;1-5(2)3-6-7-4-8-9-6;2*1-5(2)3-6-4-7-9-8-6/h2*4-6H,3H2,1-2H3,(H,8,9);2*3-4,6H,5H2,1-2H3,(H,8,9);3*4-5H,3H2,1-2H3,(H,7,8,9). The van der Waals surface area contributed by atoms with Gasteiger partial charge in [-0.25, -0.2) is 15.0 Å². The molecule has 7 aromatic rings. The van der Waals surface area contributed by atoms with Crippen LogP contribution in [0, 0.1) is 41.4 Å². The molecule has 7 aromatic heterocycles. The van der Waals surface area contributed by atoms with E-state index in [9.17, 15) is 0 Å². The summed E-state index contributed by atoms with van der Waals surface area (Å²) in [6.07, 6.45) is 25.3. The monoisotopic (exact) mass is 872 g/mol. The van der Waals surface area contributed by atoms with Gasteiger partial charge in [0.2, 0.25) is 0 Å². The van der Waals surface area contributed by atoms with E-state index in [1.165, 1.54) is 23.3 Å². The van der Waals surface area contributed by atoms with E-state index in [2.05, 4.69) is 183 Å². The van der Waals surface area contributed by atoms with Crippen molar-refractivity contribution in [1.29, 1.82) is 0 Å². The lowest BCUT2D eigenvalue weighted by Crippen LogP contribution is -1.95. The van der Waals surface area contributed by atoms with Crippen LogP contribution in [-0.4, -0.2) is 86.3 Å². The molecule has 0 saturated carbocycles. The summed E-state index contributed by atoms with van der Waals surface area (Å²) in [6.45, 7) is 30.5. The van der Waals surface area contributed by atoms with Gasteiger partial charge in [0.25, 0.3) is 0 Å². The summed E-state index contributed by atoms with van der Waals surface area (Å²) in [6, 6.07) is 2.01. The van der Waals surface area contributed by atoms with E-state index in [1.54, 1.807) is 31.1 Å². The predicted molar refractivity (Wildman–Crippen MR) is 253 cm³/mol. The fourth-order valence-corrected chi connectivity index (χ4v) is 5.53. The second-order valence-electron chi connectivity index (χ2n) is 18.3. The molecule has 7 N–H and O–H groups in total. The molecule has 17 heteroatoms. The lowest BCUT2D eigenvalue weighted by molar-refractivity contribution is 0.622. The number of hydrogen-bond donors (Lipinski definition) is 7. The normalized spacial score (nSPS) is 10.6. The molecule has 63 heavy (non-hydrogen) atoms. The minimum atomic E-state index is 0.651. The zero-order valence-corrected chi connectivity index (χ0v) is 40.8. The molecule has 0 bridgehead atoms. The summed E-state index contributed by atoms with van der Waals surface area (Å²) in [5.74, 6) is 6.88. The van der Waals surface area contributed by atoms with Crippen LogP contribution in [0.1, 0.15) is 137 Å². The van der Waals surface area contributed by atoms with Crippen molar-refractivity contribution in [1.82, 2.24) is 86.3 Å². The summed E-state index contributed by atoms with van der Waals surface area (Å²) in [5, 5.41) is 40.3. The quantitative estimate of drug-likeness (QED) is 0.0546. The third-order valence-electron chi connectivity index (χ3n) is 7.96. The molecule has 0 aliphatic carbocycles. The summed E-state index contributed by atoms with van der Waals surface area (Å²) in [7, 11) is 0. The van der Waals surface area contributed by atoms with Gasteiger partial charge in [-0.05, 0) is 85.2 Å². The molecule has 0 fully saturated rings. The summed E-state index contributed by atoms with van der Waals surface area (Å²) >= 11 is 0. The highest BCUT2D eigenvalue weighted by atomic mass is 15.3. The van der Waals surface area contributed by atoms with E-state index < -0.39 is 0 Å². The number of rotatable bonds is 14. The molecule has 0 aromatic carbocycles. The molecule has 0 saturated heterocycles. The van der Waals surface area contributed by atoms with Crippen molar-refractivity contribution in [2.75, 3.05) is 0 Å². The average Bonchev–Trinajstić information content (AvgIpc) is 4.02. The summed E-state index contributed by atoms with van der Waals surface area (Å²) < 4.78 is 0. The molecule has 7 heterocycles. The van der Waals surface area contributed by atoms with Crippen molar-refractivity contribution in [3.05, 3.63) is 108 Å². The molecule has 17 nitrogen and oxygen atoms in total.